The summed E-state index contributed by atoms with van der Waals surface area (Å²) in [4.78, 5) is 14.3. The van der Waals surface area contributed by atoms with Gasteiger partial charge in [0.25, 0.3) is 0 Å². The molecule has 138 valence electrons. The first-order valence-electron chi connectivity index (χ1n) is 8.89. The van der Waals surface area contributed by atoms with E-state index >= 15 is 0 Å². The predicted molar refractivity (Wildman–Crippen MR) is 98.3 cm³/mol. The van der Waals surface area contributed by atoms with Gasteiger partial charge in [0.2, 0.25) is 5.91 Å². The molecule has 0 spiro atoms. The van der Waals surface area contributed by atoms with Crippen LogP contribution in [0, 0.1) is 11.3 Å². The van der Waals surface area contributed by atoms with Gasteiger partial charge in [-0.3, -0.25) is 9.36 Å². The molecule has 0 aliphatic heterocycles. The quantitative estimate of drug-likeness (QED) is 0.722. The van der Waals surface area contributed by atoms with Crippen LogP contribution in [0.5, 0.6) is 0 Å². The van der Waals surface area contributed by atoms with Crippen LogP contribution in [0.1, 0.15) is 39.0 Å². The Morgan fingerprint density at radius 2 is 2.19 bits per heavy atom. The summed E-state index contributed by atoms with van der Waals surface area (Å²) in [5, 5.41) is 18.7. The van der Waals surface area contributed by atoms with Crippen LogP contribution in [0.4, 0.5) is 0 Å². The summed E-state index contributed by atoms with van der Waals surface area (Å²) in [6.07, 6.45) is 6.23. The lowest BCUT2D eigenvalue weighted by Gasteiger charge is -2.39. The maximum absolute atomic E-state index is 12.7. The molecule has 0 aromatic carbocycles. The number of thioether (sulfide) groups is 1. The van der Waals surface area contributed by atoms with Crippen molar-refractivity contribution in [2.45, 2.75) is 56.3 Å². The maximum atomic E-state index is 12.7. The maximum Gasteiger partial charge on any atom is 0.234 e. The number of hydrogen-bond donors (Lipinski definition) is 0. The third-order valence-electron chi connectivity index (χ3n) is 5.00. The standard InChI is InChI=1S/C18H23N5O2S/c1-3-23-16(14-8-7-11-25-14)20-21-17(23)26-12-15(24)22(2)18(13-19)9-5-4-6-10-18/h7-8,11H,3-6,9-10,12H2,1-2H3. The molecule has 1 aliphatic carbocycles. The Kier molecular flexibility index (Phi) is 5.67. The topological polar surface area (TPSA) is 88.0 Å². The number of carbonyl (C=O) groups is 1. The summed E-state index contributed by atoms with van der Waals surface area (Å²) in [6.45, 7) is 2.68. The summed E-state index contributed by atoms with van der Waals surface area (Å²) in [5.41, 5.74) is -0.659. The molecule has 0 N–H and O–H groups in total. The number of nitrogens with zero attached hydrogens (tertiary/aromatic N) is 5. The first-order valence-corrected chi connectivity index (χ1v) is 9.87. The van der Waals surface area contributed by atoms with Gasteiger partial charge in [0, 0.05) is 13.6 Å². The van der Waals surface area contributed by atoms with E-state index in [1.54, 1.807) is 24.3 Å². The van der Waals surface area contributed by atoms with Crippen LogP contribution in [-0.4, -0.2) is 43.9 Å². The number of carbonyl (C=O) groups excluding carboxylic acids is 1. The fraction of sp³-hybridized carbons (Fsp3) is 0.556. The van der Waals surface area contributed by atoms with Gasteiger partial charge in [0.05, 0.1) is 18.1 Å². The lowest BCUT2D eigenvalue weighted by molar-refractivity contribution is -0.131. The summed E-state index contributed by atoms with van der Waals surface area (Å²) in [7, 11) is 1.75. The van der Waals surface area contributed by atoms with E-state index in [1.807, 2.05) is 17.6 Å². The molecule has 2 aromatic heterocycles. The van der Waals surface area contributed by atoms with Crippen LogP contribution < -0.4 is 0 Å². The molecule has 3 rings (SSSR count). The monoisotopic (exact) mass is 373 g/mol. The van der Waals surface area contributed by atoms with E-state index in [4.69, 9.17) is 4.42 Å². The van der Waals surface area contributed by atoms with Crippen molar-refractivity contribution < 1.29 is 9.21 Å². The highest BCUT2D eigenvalue weighted by atomic mass is 32.2. The normalized spacial score (nSPS) is 16.2. The number of rotatable bonds is 6. The highest BCUT2D eigenvalue weighted by Crippen LogP contribution is 2.33. The minimum absolute atomic E-state index is 0.0522. The van der Waals surface area contributed by atoms with Crippen molar-refractivity contribution in [3.63, 3.8) is 0 Å². The zero-order chi connectivity index (χ0) is 18.6. The van der Waals surface area contributed by atoms with Gasteiger partial charge in [-0.2, -0.15) is 5.26 Å². The average molecular weight is 373 g/mol. The van der Waals surface area contributed by atoms with Gasteiger partial charge in [0.15, 0.2) is 16.7 Å². The average Bonchev–Trinajstić information content (AvgIpc) is 3.34. The molecule has 1 fully saturated rings. The van der Waals surface area contributed by atoms with Crippen LogP contribution in [0.2, 0.25) is 0 Å². The van der Waals surface area contributed by atoms with Gasteiger partial charge in [0.1, 0.15) is 5.54 Å². The Morgan fingerprint density at radius 3 is 2.81 bits per heavy atom. The highest BCUT2D eigenvalue weighted by molar-refractivity contribution is 7.99. The molecule has 0 bridgehead atoms. The first kappa shape index (κ1) is 18.5. The van der Waals surface area contributed by atoms with Gasteiger partial charge in [-0.05, 0) is 31.9 Å². The molecule has 0 saturated heterocycles. The van der Waals surface area contributed by atoms with E-state index in [1.165, 1.54) is 11.8 Å². The van der Waals surface area contributed by atoms with E-state index in [-0.39, 0.29) is 11.7 Å². The molecule has 8 heteroatoms. The Bertz CT molecular complexity index is 787. The molecule has 1 amide bonds. The lowest BCUT2D eigenvalue weighted by Crippen LogP contribution is -2.50. The second kappa shape index (κ2) is 7.96. The Labute approximate surface area is 157 Å². The molecule has 1 aliphatic rings. The van der Waals surface area contributed by atoms with E-state index in [2.05, 4.69) is 16.3 Å². The molecule has 26 heavy (non-hydrogen) atoms. The van der Waals surface area contributed by atoms with Gasteiger partial charge >= 0.3 is 0 Å². The number of furan rings is 1. The minimum Gasteiger partial charge on any atom is -0.461 e. The van der Waals surface area contributed by atoms with Crippen molar-refractivity contribution in [3.05, 3.63) is 18.4 Å². The van der Waals surface area contributed by atoms with E-state index in [0.29, 0.717) is 23.3 Å². The van der Waals surface area contributed by atoms with Gasteiger partial charge in [-0.25, -0.2) is 0 Å². The van der Waals surface area contributed by atoms with Crippen LogP contribution in [0.25, 0.3) is 11.6 Å². The summed E-state index contributed by atoms with van der Waals surface area (Å²) in [5.74, 6) is 1.49. The van der Waals surface area contributed by atoms with Crippen LogP contribution in [0.3, 0.4) is 0 Å². The van der Waals surface area contributed by atoms with Gasteiger partial charge in [-0.1, -0.05) is 31.0 Å². The van der Waals surface area contributed by atoms with Crippen molar-refractivity contribution in [1.29, 1.82) is 5.26 Å². The van der Waals surface area contributed by atoms with Crippen molar-refractivity contribution in [2.75, 3.05) is 12.8 Å². The van der Waals surface area contributed by atoms with Crippen LogP contribution >= 0.6 is 11.8 Å². The fourth-order valence-corrected chi connectivity index (χ4v) is 4.31. The lowest BCUT2D eigenvalue weighted by atomic mass is 9.81. The molecule has 0 atom stereocenters. The SMILES string of the molecule is CCn1c(SCC(=O)N(C)C2(C#N)CCCCC2)nnc1-c1ccco1. The first-order chi connectivity index (χ1) is 12.6. The number of hydrogen-bond acceptors (Lipinski definition) is 6. The highest BCUT2D eigenvalue weighted by Gasteiger charge is 2.38. The number of amides is 1. The largest absolute Gasteiger partial charge is 0.461 e. The number of aromatic nitrogens is 3. The fourth-order valence-electron chi connectivity index (χ4n) is 3.39. The summed E-state index contributed by atoms with van der Waals surface area (Å²) < 4.78 is 7.33. The van der Waals surface area contributed by atoms with Gasteiger partial charge in [-0.15, -0.1) is 10.2 Å². The van der Waals surface area contributed by atoms with Gasteiger partial charge < -0.3 is 9.32 Å². The molecule has 2 heterocycles. The van der Waals surface area contributed by atoms with Crippen LogP contribution in [-0.2, 0) is 11.3 Å². The van der Waals surface area contributed by atoms with Crippen LogP contribution in [0.15, 0.2) is 28.0 Å². The number of nitriles is 1. The molecule has 1 saturated carbocycles. The van der Waals surface area contributed by atoms with E-state index in [0.717, 1.165) is 32.1 Å². The Balaban J connectivity index is 1.69. The van der Waals surface area contributed by atoms with Crippen molar-refractivity contribution >= 4 is 17.7 Å². The second-order valence-corrected chi connectivity index (χ2v) is 7.42. The zero-order valence-corrected chi connectivity index (χ0v) is 16.0. The second-order valence-electron chi connectivity index (χ2n) is 6.47. The molecule has 2 aromatic rings. The smallest absolute Gasteiger partial charge is 0.234 e. The Morgan fingerprint density at radius 1 is 1.42 bits per heavy atom. The molecular formula is C18H23N5O2S. The Hall–Kier alpha value is -2.27. The van der Waals surface area contributed by atoms with Crippen molar-refractivity contribution in [2.24, 2.45) is 0 Å². The van der Waals surface area contributed by atoms with Crippen molar-refractivity contribution in [3.8, 4) is 17.7 Å². The summed E-state index contributed by atoms with van der Waals surface area (Å²) >= 11 is 1.35. The molecule has 7 nitrogen and oxygen atoms in total. The van der Waals surface area contributed by atoms with E-state index < -0.39 is 5.54 Å². The zero-order valence-electron chi connectivity index (χ0n) is 15.1. The third kappa shape index (κ3) is 3.49. The van der Waals surface area contributed by atoms with Crippen molar-refractivity contribution in [1.82, 2.24) is 19.7 Å². The third-order valence-corrected chi connectivity index (χ3v) is 5.96. The predicted octanol–water partition coefficient (Wildman–Crippen LogP) is 3.33. The molecular weight excluding hydrogens is 350 g/mol. The molecule has 0 unspecified atom stereocenters. The minimum atomic E-state index is -0.659. The van der Waals surface area contributed by atoms with E-state index in [9.17, 15) is 10.1 Å². The summed E-state index contributed by atoms with van der Waals surface area (Å²) in [6, 6.07) is 6.03. The molecule has 0 radical (unpaired) electrons.